The molecule has 0 saturated heterocycles. The highest BCUT2D eigenvalue weighted by Crippen LogP contribution is 2.36. The highest BCUT2D eigenvalue weighted by atomic mass is 35.5. The summed E-state index contributed by atoms with van der Waals surface area (Å²) >= 11 is 18.3. The van der Waals surface area contributed by atoms with Crippen molar-refractivity contribution in [2.24, 2.45) is 0 Å². The van der Waals surface area contributed by atoms with E-state index >= 15 is 0 Å². The molecular weight excluding hydrogens is 462 g/mol. The van der Waals surface area contributed by atoms with Gasteiger partial charge in [-0.2, -0.15) is 0 Å². The molecule has 7 heteroatoms. The van der Waals surface area contributed by atoms with E-state index in [2.05, 4.69) is 28.1 Å². The zero-order valence-electron chi connectivity index (χ0n) is 16.0. The molecule has 0 bridgehead atoms. The average Bonchev–Trinajstić information content (AvgIpc) is 2.71. The second kappa shape index (κ2) is 10.0. The summed E-state index contributed by atoms with van der Waals surface area (Å²) in [6.07, 6.45) is 7.23. The largest absolute Gasteiger partial charge is 0.504 e. The van der Waals surface area contributed by atoms with Crippen LogP contribution in [0.5, 0.6) is 5.75 Å². The maximum absolute atomic E-state index is 10.2. The first-order valence-electron chi connectivity index (χ1n) is 9.31. The molecule has 0 aliphatic carbocycles. The summed E-state index contributed by atoms with van der Waals surface area (Å²) < 4.78 is 0. The molecule has 0 radical (unpaired) electrons. The van der Waals surface area contributed by atoms with Crippen LogP contribution < -0.4 is 0 Å². The quantitative estimate of drug-likeness (QED) is 0.429. The third-order valence-corrected chi connectivity index (χ3v) is 5.81. The van der Waals surface area contributed by atoms with E-state index in [1.54, 1.807) is 0 Å². The van der Waals surface area contributed by atoms with Gasteiger partial charge in [0.1, 0.15) is 5.52 Å². The van der Waals surface area contributed by atoms with Gasteiger partial charge >= 0.3 is 0 Å². The Bertz CT molecular complexity index is 1130. The molecular formula is C23H20Cl4N2O. The predicted molar refractivity (Wildman–Crippen MR) is 129 cm³/mol. The number of fused-ring (bicyclic) bond motifs is 1. The van der Waals surface area contributed by atoms with Crippen molar-refractivity contribution in [2.75, 3.05) is 13.1 Å². The number of halogens is 4. The number of pyridine rings is 1. The Balaban J connectivity index is 0.00000256. The summed E-state index contributed by atoms with van der Waals surface area (Å²) in [5.41, 5.74) is 3.65. The van der Waals surface area contributed by atoms with Gasteiger partial charge in [0.05, 0.1) is 15.7 Å². The number of phenols is 1. The van der Waals surface area contributed by atoms with Gasteiger partial charge in [0.15, 0.2) is 5.75 Å². The van der Waals surface area contributed by atoms with Crippen molar-refractivity contribution in [3.8, 4) is 5.75 Å². The number of allylic oxidation sites excluding steroid dienone is 1. The summed E-state index contributed by atoms with van der Waals surface area (Å²) in [4.78, 5) is 6.89. The molecule has 1 N–H and O–H groups in total. The van der Waals surface area contributed by atoms with Crippen LogP contribution in [0.15, 0.2) is 60.2 Å². The number of phenolic OH excluding ortho intramolecular Hbond substituents is 1. The molecule has 4 rings (SSSR count). The fourth-order valence-electron chi connectivity index (χ4n) is 3.42. The van der Waals surface area contributed by atoms with Crippen LogP contribution in [0.1, 0.15) is 17.7 Å². The third kappa shape index (κ3) is 5.29. The number of hydrogen-bond acceptors (Lipinski definition) is 3. The van der Waals surface area contributed by atoms with Crippen LogP contribution in [0.25, 0.3) is 17.0 Å². The maximum Gasteiger partial charge on any atom is 0.160 e. The zero-order valence-corrected chi connectivity index (χ0v) is 19.1. The van der Waals surface area contributed by atoms with Gasteiger partial charge in [0.25, 0.3) is 0 Å². The van der Waals surface area contributed by atoms with Crippen LogP contribution in [0.4, 0.5) is 0 Å². The van der Waals surface area contributed by atoms with E-state index in [4.69, 9.17) is 34.8 Å². The molecule has 2 heterocycles. The van der Waals surface area contributed by atoms with Gasteiger partial charge < -0.3 is 5.11 Å². The van der Waals surface area contributed by atoms with Crippen molar-refractivity contribution < 1.29 is 5.11 Å². The first-order valence-corrected chi connectivity index (χ1v) is 10.4. The normalized spacial score (nSPS) is 14.7. The Morgan fingerprint density at radius 3 is 2.60 bits per heavy atom. The Hall–Kier alpha value is -1.75. The average molecular weight is 482 g/mol. The van der Waals surface area contributed by atoms with Gasteiger partial charge in [0, 0.05) is 30.0 Å². The summed E-state index contributed by atoms with van der Waals surface area (Å²) in [5, 5.41) is 12.3. The molecule has 3 nitrogen and oxygen atoms in total. The third-order valence-electron chi connectivity index (χ3n) is 4.97. The second-order valence-corrected chi connectivity index (χ2v) is 8.30. The molecule has 0 spiro atoms. The predicted octanol–water partition coefficient (Wildman–Crippen LogP) is 7.17. The molecule has 3 aromatic rings. The molecule has 1 aliphatic heterocycles. The van der Waals surface area contributed by atoms with Gasteiger partial charge in [-0.25, -0.2) is 4.98 Å². The van der Waals surface area contributed by atoms with E-state index in [0.29, 0.717) is 15.9 Å². The van der Waals surface area contributed by atoms with Crippen LogP contribution in [-0.2, 0) is 6.54 Å². The lowest BCUT2D eigenvalue weighted by Gasteiger charge is -2.25. The van der Waals surface area contributed by atoms with Gasteiger partial charge in [0.2, 0.25) is 0 Å². The van der Waals surface area contributed by atoms with E-state index < -0.39 is 0 Å². The fraction of sp³-hybridized carbons (Fsp3) is 0.174. The lowest BCUT2D eigenvalue weighted by Crippen LogP contribution is -2.28. The van der Waals surface area contributed by atoms with Crippen molar-refractivity contribution in [3.63, 3.8) is 0 Å². The van der Waals surface area contributed by atoms with Crippen LogP contribution in [-0.4, -0.2) is 28.1 Å². The SMILES string of the molecule is Cl.Oc1c(Cl)cc(Cl)c2ccc(/C=C/C3=CCN(Cc4cccc(Cl)c4)CC3)nc12. The van der Waals surface area contributed by atoms with Crippen LogP contribution in [0.2, 0.25) is 15.1 Å². The van der Waals surface area contributed by atoms with Crippen molar-refractivity contribution in [2.45, 2.75) is 13.0 Å². The summed E-state index contributed by atoms with van der Waals surface area (Å²) in [6, 6.07) is 13.3. The topological polar surface area (TPSA) is 36.4 Å². The summed E-state index contributed by atoms with van der Waals surface area (Å²) in [6.45, 7) is 2.77. The minimum absolute atomic E-state index is 0. The molecule has 2 aromatic carbocycles. The zero-order chi connectivity index (χ0) is 20.4. The Kier molecular flexibility index (Phi) is 7.67. The van der Waals surface area contributed by atoms with Crippen molar-refractivity contribution in [1.82, 2.24) is 9.88 Å². The number of nitrogens with zero attached hydrogens (tertiary/aromatic N) is 2. The first-order chi connectivity index (χ1) is 14.0. The van der Waals surface area contributed by atoms with Crippen LogP contribution >= 0.6 is 47.2 Å². The molecule has 30 heavy (non-hydrogen) atoms. The fourth-order valence-corrected chi connectivity index (χ4v) is 4.15. The first kappa shape index (κ1) is 22.9. The lowest BCUT2D eigenvalue weighted by atomic mass is 10.1. The maximum atomic E-state index is 10.2. The Labute approximate surface area is 197 Å². The molecule has 0 unspecified atom stereocenters. The van der Waals surface area contributed by atoms with E-state index in [-0.39, 0.29) is 23.2 Å². The number of hydrogen-bond donors (Lipinski definition) is 1. The molecule has 156 valence electrons. The van der Waals surface area contributed by atoms with E-state index in [1.165, 1.54) is 17.2 Å². The molecule has 1 aromatic heterocycles. The lowest BCUT2D eigenvalue weighted by molar-refractivity contribution is 0.287. The monoisotopic (exact) mass is 480 g/mol. The number of aromatic nitrogens is 1. The molecule has 0 saturated carbocycles. The Morgan fingerprint density at radius 1 is 1.03 bits per heavy atom. The van der Waals surface area contributed by atoms with E-state index in [9.17, 15) is 5.11 Å². The summed E-state index contributed by atoms with van der Waals surface area (Å²) in [5.74, 6) is -0.0464. The highest BCUT2D eigenvalue weighted by molar-refractivity contribution is 6.39. The van der Waals surface area contributed by atoms with Gasteiger partial charge in [-0.15, -0.1) is 12.4 Å². The van der Waals surface area contributed by atoms with Crippen LogP contribution in [0.3, 0.4) is 0 Å². The molecule has 0 fully saturated rings. The smallest absolute Gasteiger partial charge is 0.160 e. The minimum Gasteiger partial charge on any atom is -0.504 e. The number of benzene rings is 2. The van der Waals surface area contributed by atoms with Gasteiger partial charge in [-0.05, 0) is 54.0 Å². The Morgan fingerprint density at radius 2 is 1.87 bits per heavy atom. The number of aromatic hydroxyl groups is 1. The second-order valence-electron chi connectivity index (χ2n) is 7.05. The van der Waals surface area contributed by atoms with Gasteiger partial charge in [-0.1, -0.05) is 59.1 Å². The van der Waals surface area contributed by atoms with Crippen molar-refractivity contribution in [1.29, 1.82) is 0 Å². The van der Waals surface area contributed by atoms with Crippen LogP contribution in [0, 0.1) is 0 Å². The number of rotatable bonds is 4. The minimum atomic E-state index is -0.0464. The highest BCUT2D eigenvalue weighted by Gasteiger charge is 2.12. The van der Waals surface area contributed by atoms with Crippen molar-refractivity contribution in [3.05, 3.63) is 86.5 Å². The molecule has 0 amide bonds. The molecule has 0 atom stereocenters. The molecule has 1 aliphatic rings. The van der Waals surface area contributed by atoms with E-state index in [1.807, 2.05) is 36.4 Å². The van der Waals surface area contributed by atoms with E-state index in [0.717, 1.165) is 36.8 Å². The summed E-state index contributed by atoms with van der Waals surface area (Å²) in [7, 11) is 0. The standard InChI is InChI=1S/C23H19Cl3N2O.ClH/c24-17-3-1-2-16(12-17)14-28-10-8-15(9-11-28)4-5-18-6-7-19-20(25)13-21(26)23(29)22(19)27-18;/h1-8,12-13,29H,9-11,14H2;1H/b5-4+;. The van der Waals surface area contributed by atoms with Gasteiger partial charge in [-0.3, -0.25) is 4.90 Å². The van der Waals surface area contributed by atoms with Crippen molar-refractivity contribution >= 4 is 64.2 Å².